The Morgan fingerprint density at radius 1 is 1.17 bits per heavy atom. The summed E-state index contributed by atoms with van der Waals surface area (Å²) in [5.41, 5.74) is 8.51. The van der Waals surface area contributed by atoms with Crippen LogP contribution in [0.1, 0.15) is 37.8 Å². The molecule has 3 N–H and O–H groups in total. The number of nitrogens with one attached hydrogen (secondary N) is 1. The van der Waals surface area contributed by atoms with Gasteiger partial charge in [0.05, 0.1) is 25.2 Å². The molecule has 9 nitrogen and oxygen atoms in total. The first kappa shape index (κ1) is 26.2. The van der Waals surface area contributed by atoms with E-state index in [2.05, 4.69) is 5.32 Å². The number of esters is 1. The maximum Gasteiger partial charge on any atom is 0.338 e. The van der Waals surface area contributed by atoms with Crippen molar-refractivity contribution >= 4 is 17.6 Å². The Labute approximate surface area is 210 Å². The second-order valence-corrected chi connectivity index (χ2v) is 7.87. The van der Waals surface area contributed by atoms with Gasteiger partial charge in [-0.25, -0.2) is 4.79 Å². The van der Waals surface area contributed by atoms with Crippen molar-refractivity contribution in [1.82, 2.24) is 0 Å². The third-order valence-corrected chi connectivity index (χ3v) is 5.65. The average molecular weight is 492 g/mol. The van der Waals surface area contributed by atoms with Crippen LogP contribution < -0.4 is 20.5 Å². The molecule has 1 aliphatic heterocycles. The third-order valence-electron chi connectivity index (χ3n) is 5.65. The number of para-hydroxylation sites is 1. The highest BCUT2D eigenvalue weighted by atomic mass is 16.5. The highest BCUT2D eigenvalue weighted by molar-refractivity contribution is 5.93. The summed E-state index contributed by atoms with van der Waals surface area (Å²) in [5.74, 6) is -0.950. The molecular weight excluding hydrogens is 462 g/mol. The van der Waals surface area contributed by atoms with Crippen LogP contribution in [-0.2, 0) is 25.5 Å². The number of carbonyl (C=O) groups excluding carboxylic acids is 2. The number of hydrogen-bond acceptors (Lipinski definition) is 8. The first-order valence-electron chi connectivity index (χ1n) is 11.5. The lowest BCUT2D eigenvalue weighted by molar-refractivity contribution is -0.139. The topological polar surface area (TPSA) is 133 Å². The van der Waals surface area contributed by atoms with Gasteiger partial charge in [0.25, 0.3) is 5.91 Å². The van der Waals surface area contributed by atoms with E-state index in [1.807, 2.05) is 37.3 Å². The number of hydrogen-bond donors (Lipinski definition) is 2. The van der Waals surface area contributed by atoms with Crippen molar-refractivity contribution in [3.63, 3.8) is 0 Å². The van der Waals surface area contributed by atoms with Crippen molar-refractivity contribution in [2.75, 3.05) is 25.6 Å². The number of rotatable bonds is 9. The van der Waals surface area contributed by atoms with Gasteiger partial charge >= 0.3 is 5.97 Å². The first-order chi connectivity index (χ1) is 17.3. The molecule has 0 fully saturated rings. The van der Waals surface area contributed by atoms with Gasteiger partial charge in [0.15, 0.2) is 18.1 Å². The zero-order valence-corrected chi connectivity index (χ0v) is 20.7. The average Bonchev–Trinajstić information content (AvgIpc) is 2.87. The number of nitrogens with zero attached hydrogens (tertiary/aromatic N) is 1. The predicted molar refractivity (Wildman–Crippen MR) is 133 cm³/mol. The number of nitriles is 1. The van der Waals surface area contributed by atoms with Gasteiger partial charge in [0.1, 0.15) is 17.4 Å². The molecule has 0 saturated heterocycles. The van der Waals surface area contributed by atoms with E-state index in [4.69, 9.17) is 24.7 Å². The minimum Gasteiger partial charge on any atom is -0.493 e. The van der Waals surface area contributed by atoms with Crippen LogP contribution in [0.5, 0.6) is 11.5 Å². The SMILES string of the molecule is CCOC(=O)C1=C(C)OC(N)=C(C#N)C1c1ccc(OCC(=O)Nc2ccccc2CC)c(OC)c1. The van der Waals surface area contributed by atoms with Crippen LogP contribution >= 0.6 is 0 Å². The molecule has 1 atom stereocenters. The fraction of sp³-hybridized carbons (Fsp3) is 0.296. The normalized spacial score (nSPS) is 15.0. The van der Waals surface area contributed by atoms with Crippen LogP contribution in [0.2, 0.25) is 0 Å². The zero-order chi connectivity index (χ0) is 26.2. The Bertz CT molecular complexity index is 1260. The second kappa shape index (κ2) is 11.8. The van der Waals surface area contributed by atoms with E-state index in [0.717, 1.165) is 17.7 Å². The summed E-state index contributed by atoms with van der Waals surface area (Å²) in [4.78, 5) is 25.2. The van der Waals surface area contributed by atoms with Crippen molar-refractivity contribution in [1.29, 1.82) is 5.26 Å². The summed E-state index contributed by atoms with van der Waals surface area (Å²) in [7, 11) is 1.45. The molecule has 0 spiro atoms. The molecule has 0 saturated carbocycles. The van der Waals surface area contributed by atoms with E-state index in [9.17, 15) is 14.9 Å². The number of allylic oxidation sites excluding steroid dienone is 2. The molecule has 2 aromatic carbocycles. The van der Waals surface area contributed by atoms with Crippen LogP contribution in [0.3, 0.4) is 0 Å². The minimum absolute atomic E-state index is 0.0772. The zero-order valence-electron chi connectivity index (χ0n) is 20.7. The van der Waals surface area contributed by atoms with Crippen molar-refractivity contribution in [2.45, 2.75) is 33.1 Å². The highest BCUT2D eigenvalue weighted by Crippen LogP contribution is 2.42. The fourth-order valence-corrected chi connectivity index (χ4v) is 3.95. The second-order valence-electron chi connectivity index (χ2n) is 7.87. The first-order valence-corrected chi connectivity index (χ1v) is 11.5. The number of aryl methyl sites for hydroxylation is 1. The Morgan fingerprint density at radius 3 is 2.58 bits per heavy atom. The van der Waals surface area contributed by atoms with E-state index in [-0.39, 0.29) is 41.9 Å². The summed E-state index contributed by atoms with van der Waals surface area (Å²) in [6.07, 6.45) is 0.782. The Morgan fingerprint density at radius 2 is 1.92 bits per heavy atom. The standard InChI is InChI=1S/C27H29N3O6/c1-5-17-9-7-8-10-20(17)30-23(31)15-35-21-12-11-18(13-22(21)33-4)25-19(14-28)26(29)36-16(3)24(25)27(32)34-6-2/h7-13,25H,5-6,15,29H2,1-4H3,(H,30,31). The molecule has 0 radical (unpaired) electrons. The lowest BCUT2D eigenvalue weighted by Crippen LogP contribution is -2.25. The summed E-state index contributed by atoms with van der Waals surface area (Å²) >= 11 is 0. The smallest absolute Gasteiger partial charge is 0.338 e. The van der Waals surface area contributed by atoms with E-state index < -0.39 is 11.9 Å². The molecule has 1 heterocycles. The van der Waals surface area contributed by atoms with Gasteiger partial charge in [-0.1, -0.05) is 31.2 Å². The van der Waals surface area contributed by atoms with E-state index in [1.165, 1.54) is 7.11 Å². The van der Waals surface area contributed by atoms with Crippen molar-refractivity contribution in [3.8, 4) is 17.6 Å². The molecule has 188 valence electrons. The van der Waals surface area contributed by atoms with Crippen LogP contribution in [0.15, 0.2) is 65.3 Å². The molecule has 0 aromatic heterocycles. The van der Waals surface area contributed by atoms with Gasteiger partial charge in [0.2, 0.25) is 5.88 Å². The van der Waals surface area contributed by atoms with Gasteiger partial charge in [-0.15, -0.1) is 0 Å². The number of methoxy groups -OCH3 is 1. The minimum atomic E-state index is -0.820. The van der Waals surface area contributed by atoms with Crippen LogP contribution in [0.25, 0.3) is 0 Å². The van der Waals surface area contributed by atoms with Crippen LogP contribution in [0.4, 0.5) is 5.69 Å². The lowest BCUT2D eigenvalue weighted by Gasteiger charge is -2.27. The summed E-state index contributed by atoms with van der Waals surface area (Å²) in [5, 5.41) is 12.6. The van der Waals surface area contributed by atoms with Gasteiger partial charge in [0, 0.05) is 5.69 Å². The monoisotopic (exact) mass is 491 g/mol. The lowest BCUT2D eigenvalue weighted by atomic mass is 9.83. The number of anilines is 1. The molecule has 0 bridgehead atoms. The molecule has 1 aliphatic rings. The number of ether oxygens (including phenoxy) is 4. The summed E-state index contributed by atoms with van der Waals surface area (Å²) in [6, 6.07) is 14.5. The van der Waals surface area contributed by atoms with Crippen LogP contribution in [-0.4, -0.2) is 32.2 Å². The summed E-state index contributed by atoms with van der Waals surface area (Å²) in [6.45, 7) is 5.20. The van der Waals surface area contributed by atoms with Crippen molar-refractivity contribution < 1.29 is 28.5 Å². The highest BCUT2D eigenvalue weighted by Gasteiger charge is 2.36. The van der Waals surface area contributed by atoms with E-state index in [0.29, 0.717) is 17.1 Å². The maximum atomic E-state index is 12.7. The predicted octanol–water partition coefficient (Wildman–Crippen LogP) is 3.92. The van der Waals surface area contributed by atoms with Crippen LogP contribution in [0, 0.1) is 11.3 Å². The van der Waals surface area contributed by atoms with Gasteiger partial charge in [-0.05, 0) is 49.6 Å². The molecule has 0 aliphatic carbocycles. The number of nitrogens with two attached hydrogens (primary N) is 1. The van der Waals surface area contributed by atoms with Gasteiger partial charge in [-0.2, -0.15) is 5.26 Å². The summed E-state index contributed by atoms with van der Waals surface area (Å²) < 4.78 is 21.8. The largest absolute Gasteiger partial charge is 0.493 e. The molecule has 36 heavy (non-hydrogen) atoms. The number of carbonyl (C=O) groups is 2. The Hall–Kier alpha value is -4.45. The van der Waals surface area contributed by atoms with Crippen molar-refractivity contribution in [3.05, 3.63) is 76.4 Å². The van der Waals surface area contributed by atoms with Gasteiger partial charge in [-0.3, -0.25) is 4.79 Å². The third kappa shape index (κ3) is 5.61. The molecule has 9 heteroatoms. The Balaban J connectivity index is 1.86. The molecule has 3 rings (SSSR count). The quantitative estimate of drug-likeness (QED) is 0.504. The van der Waals surface area contributed by atoms with Gasteiger partial charge < -0.3 is 30.0 Å². The number of benzene rings is 2. The molecule has 2 aromatic rings. The molecule has 1 amide bonds. The maximum absolute atomic E-state index is 12.7. The van der Waals surface area contributed by atoms with E-state index in [1.54, 1.807) is 32.0 Å². The Kier molecular flexibility index (Phi) is 8.57. The number of amides is 1. The molecular formula is C27H29N3O6. The van der Waals surface area contributed by atoms with E-state index >= 15 is 0 Å². The fourth-order valence-electron chi connectivity index (χ4n) is 3.95. The molecule has 1 unspecified atom stereocenters. The van der Waals surface area contributed by atoms with Crippen molar-refractivity contribution in [2.24, 2.45) is 5.73 Å².